The number of hydrogen-bond donors (Lipinski definition) is 2. The molecule has 1 heterocycles. The highest BCUT2D eigenvalue weighted by atomic mass is 16.4. The van der Waals surface area contributed by atoms with Gasteiger partial charge in [0, 0.05) is 19.1 Å². The molecule has 0 aromatic heterocycles. The fourth-order valence-corrected chi connectivity index (χ4v) is 3.52. The second-order valence-electron chi connectivity index (χ2n) is 6.26. The van der Waals surface area contributed by atoms with Gasteiger partial charge in [-0.15, -0.1) is 0 Å². The molecule has 0 bridgehead atoms. The third-order valence-corrected chi connectivity index (χ3v) is 4.79. The lowest BCUT2D eigenvalue weighted by Crippen LogP contribution is -2.42. The fraction of sp³-hybridized carbons (Fsp3) is 0.867. The first-order valence-electron chi connectivity index (χ1n) is 7.82. The highest BCUT2D eigenvalue weighted by Crippen LogP contribution is 2.35. The molecule has 0 radical (unpaired) electrons. The maximum Gasteiger partial charge on any atom is 0.311 e. The molecular formula is C15H26N2O3. The van der Waals surface area contributed by atoms with Crippen LogP contribution < -0.4 is 5.32 Å². The Labute approximate surface area is 120 Å². The molecule has 5 nitrogen and oxygen atoms in total. The van der Waals surface area contributed by atoms with Gasteiger partial charge in [-0.25, -0.2) is 0 Å². The predicted molar refractivity (Wildman–Crippen MR) is 76.4 cm³/mol. The molecule has 1 atom stereocenters. The van der Waals surface area contributed by atoms with Crippen molar-refractivity contribution in [1.29, 1.82) is 0 Å². The van der Waals surface area contributed by atoms with Crippen LogP contribution in [0.5, 0.6) is 0 Å². The van der Waals surface area contributed by atoms with Gasteiger partial charge in [0.15, 0.2) is 0 Å². The predicted octanol–water partition coefficient (Wildman–Crippen LogP) is 1.62. The summed E-state index contributed by atoms with van der Waals surface area (Å²) in [6.45, 7) is 3.31. The largest absolute Gasteiger partial charge is 0.481 e. The number of carbonyl (C=O) groups is 2. The van der Waals surface area contributed by atoms with Crippen molar-refractivity contribution in [2.24, 2.45) is 5.41 Å². The van der Waals surface area contributed by atoms with E-state index in [1.54, 1.807) is 4.90 Å². The van der Waals surface area contributed by atoms with Crippen LogP contribution in [0, 0.1) is 5.41 Å². The first kappa shape index (κ1) is 15.3. The lowest BCUT2D eigenvalue weighted by atomic mass is 9.83. The molecule has 5 heteroatoms. The minimum Gasteiger partial charge on any atom is -0.481 e. The maximum atomic E-state index is 12.2. The molecule has 1 aliphatic heterocycles. The zero-order chi connectivity index (χ0) is 14.6. The molecule has 1 saturated heterocycles. The van der Waals surface area contributed by atoms with Crippen molar-refractivity contribution >= 4 is 11.9 Å². The van der Waals surface area contributed by atoms with Crippen LogP contribution in [0.2, 0.25) is 0 Å². The molecule has 2 fully saturated rings. The van der Waals surface area contributed by atoms with Crippen molar-refractivity contribution in [1.82, 2.24) is 10.2 Å². The number of likely N-dealkylation sites (tertiary alicyclic amines) is 1. The maximum absolute atomic E-state index is 12.2. The van der Waals surface area contributed by atoms with Crippen molar-refractivity contribution in [2.45, 2.75) is 57.9 Å². The summed E-state index contributed by atoms with van der Waals surface area (Å²) in [4.78, 5) is 25.4. The Morgan fingerprint density at radius 3 is 2.65 bits per heavy atom. The van der Waals surface area contributed by atoms with E-state index in [4.69, 9.17) is 0 Å². The van der Waals surface area contributed by atoms with E-state index in [0.717, 1.165) is 19.3 Å². The molecular weight excluding hydrogens is 256 g/mol. The number of carbonyl (C=O) groups excluding carboxylic acids is 1. The molecule has 1 aliphatic carbocycles. The summed E-state index contributed by atoms with van der Waals surface area (Å²) in [7, 11) is 0. The Morgan fingerprint density at radius 2 is 2.05 bits per heavy atom. The van der Waals surface area contributed by atoms with Gasteiger partial charge in [0.1, 0.15) is 0 Å². The Kier molecular flexibility index (Phi) is 5.02. The van der Waals surface area contributed by atoms with Crippen LogP contribution in [0.25, 0.3) is 0 Å². The zero-order valence-corrected chi connectivity index (χ0v) is 12.4. The molecule has 2 aliphatic rings. The van der Waals surface area contributed by atoms with Crippen LogP contribution in [0.1, 0.15) is 51.9 Å². The van der Waals surface area contributed by atoms with Crippen molar-refractivity contribution < 1.29 is 14.7 Å². The van der Waals surface area contributed by atoms with E-state index < -0.39 is 11.4 Å². The highest BCUT2D eigenvalue weighted by Gasteiger charge is 2.45. The summed E-state index contributed by atoms with van der Waals surface area (Å²) in [6, 6.07) is 0.474. The molecule has 0 spiro atoms. The first-order chi connectivity index (χ1) is 9.57. The Balaban J connectivity index is 1.84. The lowest BCUT2D eigenvalue weighted by molar-refractivity contribution is -0.149. The molecule has 2 rings (SSSR count). The number of nitrogens with zero attached hydrogens (tertiary/aromatic N) is 1. The van der Waals surface area contributed by atoms with Gasteiger partial charge in [-0.05, 0) is 25.7 Å². The summed E-state index contributed by atoms with van der Waals surface area (Å²) >= 11 is 0. The topological polar surface area (TPSA) is 69.6 Å². The highest BCUT2D eigenvalue weighted by molar-refractivity contribution is 5.81. The van der Waals surface area contributed by atoms with E-state index in [9.17, 15) is 14.7 Å². The molecule has 0 aromatic carbocycles. The molecule has 1 amide bonds. The Hall–Kier alpha value is -1.10. The van der Waals surface area contributed by atoms with E-state index in [1.807, 2.05) is 6.92 Å². The quantitative estimate of drug-likeness (QED) is 0.777. The average Bonchev–Trinajstić information content (AvgIpc) is 3.06. The summed E-state index contributed by atoms with van der Waals surface area (Å²) in [5.41, 5.74) is -0.711. The Morgan fingerprint density at radius 1 is 1.35 bits per heavy atom. The van der Waals surface area contributed by atoms with Gasteiger partial charge in [-0.1, -0.05) is 26.2 Å². The summed E-state index contributed by atoms with van der Waals surface area (Å²) in [5.74, 6) is -0.700. The summed E-state index contributed by atoms with van der Waals surface area (Å²) in [6.07, 6.45) is 6.88. The third-order valence-electron chi connectivity index (χ3n) is 4.79. The first-order valence-corrected chi connectivity index (χ1v) is 7.82. The molecule has 1 saturated carbocycles. The molecule has 20 heavy (non-hydrogen) atoms. The van der Waals surface area contributed by atoms with Gasteiger partial charge in [-0.3, -0.25) is 9.59 Å². The van der Waals surface area contributed by atoms with Gasteiger partial charge >= 0.3 is 5.97 Å². The number of aliphatic carboxylic acids is 1. The molecule has 0 aromatic rings. The molecule has 114 valence electrons. The van der Waals surface area contributed by atoms with Crippen molar-refractivity contribution in [3.05, 3.63) is 0 Å². The number of carboxylic acids is 1. The van der Waals surface area contributed by atoms with Crippen LogP contribution in [0.15, 0.2) is 0 Å². The smallest absolute Gasteiger partial charge is 0.311 e. The summed E-state index contributed by atoms with van der Waals surface area (Å²) < 4.78 is 0. The normalized spacial score (nSPS) is 27.1. The average molecular weight is 282 g/mol. The van der Waals surface area contributed by atoms with Crippen molar-refractivity contribution in [2.75, 3.05) is 19.6 Å². The van der Waals surface area contributed by atoms with E-state index in [-0.39, 0.29) is 5.91 Å². The number of nitrogens with one attached hydrogen (secondary N) is 1. The van der Waals surface area contributed by atoms with Crippen molar-refractivity contribution in [3.63, 3.8) is 0 Å². The minimum atomic E-state index is -0.751. The van der Waals surface area contributed by atoms with Gasteiger partial charge in [-0.2, -0.15) is 0 Å². The number of hydrogen-bond acceptors (Lipinski definition) is 3. The van der Waals surface area contributed by atoms with Gasteiger partial charge in [0.25, 0.3) is 0 Å². The van der Waals surface area contributed by atoms with Crippen LogP contribution in [0.3, 0.4) is 0 Å². The third kappa shape index (κ3) is 3.32. The van der Waals surface area contributed by atoms with Crippen LogP contribution in [-0.4, -0.2) is 47.6 Å². The standard InChI is InChI=1S/C15H26N2O3/c1-2-7-15(14(19)20)8-9-17(11-15)13(18)10-16-12-5-3-4-6-12/h12,16H,2-11H2,1H3,(H,19,20). The van der Waals surface area contributed by atoms with Gasteiger partial charge in [0.2, 0.25) is 5.91 Å². The van der Waals surface area contributed by atoms with E-state index in [0.29, 0.717) is 38.5 Å². The van der Waals surface area contributed by atoms with Gasteiger partial charge < -0.3 is 15.3 Å². The Bertz CT molecular complexity index is 366. The lowest BCUT2D eigenvalue weighted by Gasteiger charge is -2.24. The minimum absolute atomic E-state index is 0.0520. The monoisotopic (exact) mass is 282 g/mol. The fourth-order valence-electron chi connectivity index (χ4n) is 3.52. The second kappa shape index (κ2) is 6.57. The second-order valence-corrected chi connectivity index (χ2v) is 6.26. The van der Waals surface area contributed by atoms with E-state index >= 15 is 0 Å². The molecule has 2 N–H and O–H groups in total. The zero-order valence-electron chi connectivity index (χ0n) is 12.4. The SMILES string of the molecule is CCCC1(C(=O)O)CCN(C(=O)CNC2CCCC2)C1. The number of carboxylic acid groups (broad SMARTS) is 1. The van der Waals surface area contributed by atoms with Crippen LogP contribution in [-0.2, 0) is 9.59 Å². The van der Waals surface area contributed by atoms with Crippen molar-refractivity contribution in [3.8, 4) is 0 Å². The van der Waals surface area contributed by atoms with Gasteiger partial charge in [0.05, 0.1) is 12.0 Å². The molecule has 1 unspecified atom stereocenters. The number of amides is 1. The van der Waals surface area contributed by atoms with E-state index in [1.165, 1.54) is 12.8 Å². The van der Waals surface area contributed by atoms with Crippen LogP contribution in [0.4, 0.5) is 0 Å². The van der Waals surface area contributed by atoms with Crippen LogP contribution >= 0.6 is 0 Å². The summed E-state index contributed by atoms with van der Waals surface area (Å²) in [5, 5.41) is 12.8. The van der Waals surface area contributed by atoms with E-state index in [2.05, 4.69) is 5.32 Å². The number of rotatable bonds is 6.